The van der Waals surface area contributed by atoms with Gasteiger partial charge in [0.2, 0.25) is 6.79 Å². The van der Waals surface area contributed by atoms with Crippen molar-refractivity contribution in [3.05, 3.63) is 25.0 Å². The summed E-state index contributed by atoms with van der Waals surface area (Å²) in [6, 6.07) is 0. The van der Waals surface area contributed by atoms with Crippen LogP contribution in [0.3, 0.4) is 0 Å². The van der Waals surface area contributed by atoms with E-state index in [-0.39, 0.29) is 32.7 Å². The average Bonchev–Trinajstić information content (AvgIpc) is 1.87. The molecule has 0 amide bonds. The number of allylic oxidation sites excluding steroid dienone is 1. The minimum absolute atomic E-state index is 0. The van der Waals surface area contributed by atoms with Crippen LogP contribution < -0.4 is 0 Å². The Morgan fingerprint density at radius 1 is 1.64 bits per heavy atom. The van der Waals surface area contributed by atoms with Crippen molar-refractivity contribution in [1.82, 2.24) is 0 Å². The van der Waals surface area contributed by atoms with Gasteiger partial charge in [-0.05, 0) is 6.92 Å². The SMILES string of the molecule is C=CC(=O)OCOC(=C)C.[H-].[H-].[Mg+2]. The van der Waals surface area contributed by atoms with E-state index in [2.05, 4.69) is 17.9 Å². The molecule has 0 N–H and O–H groups in total. The van der Waals surface area contributed by atoms with Crippen molar-refractivity contribution in [2.45, 2.75) is 6.92 Å². The molecule has 0 spiro atoms. The van der Waals surface area contributed by atoms with Gasteiger partial charge >= 0.3 is 29.0 Å². The van der Waals surface area contributed by atoms with Crippen molar-refractivity contribution < 1.29 is 17.1 Å². The normalized spacial score (nSPS) is 7.36. The van der Waals surface area contributed by atoms with E-state index in [9.17, 15) is 4.79 Å². The zero-order valence-corrected chi connectivity index (χ0v) is 8.04. The van der Waals surface area contributed by atoms with Crippen molar-refractivity contribution in [3.63, 3.8) is 0 Å². The van der Waals surface area contributed by atoms with Crippen molar-refractivity contribution in [2.24, 2.45) is 0 Å². The third kappa shape index (κ3) is 9.52. The molecule has 60 valence electrons. The molecule has 0 unspecified atom stereocenters. The molecule has 0 aliphatic rings. The number of esters is 1. The first-order valence-electron chi connectivity index (χ1n) is 2.74. The van der Waals surface area contributed by atoms with Crippen molar-refractivity contribution in [1.29, 1.82) is 0 Å². The summed E-state index contributed by atoms with van der Waals surface area (Å²) < 4.78 is 9.19. The average molecular weight is 168 g/mol. The van der Waals surface area contributed by atoms with Crippen molar-refractivity contribution >= 4 is 29.0 Å². The maximum Gasteiger partial charge on any atom is 2.00 e. The van der Waals surface area contributed by atoms with Crippen LogP contribution in [0.15, 0.2) is 25.0 Å². The maximum atomic E-state index is 10.3. The fraction of sp³-hybridized carbons (Fsp3) is 0.286. The van der Waals surface area contributed by atoms with Crippen LogP contribution in [0.2, 0.25) is 0 Å². The number of rotatable bonds is 4. The quantitative estimate of drug-likeness (QED) is 0.207. The molecule has 0 heterocycles. The van der Waals surface area contributed by atoms with E-state index in [1.807, 2.05) is 0 Å². The summed E-state index contributed by atoms with van der Waals surface area (Å²) in [5.41, 5.74) is 0. The summed E-state index contributed by atoms with van der Waals surface area (Å²) in [4.78, 5) is 10.3. The smallest absolute Gasteiger partial charge is 1.00 e. The Hall–Kier alpha value is -0.484. The number of hydrogen-bond acceptors (Lipinski definition) is 3. The molecule has 3 nitrogen and oxygen atoms in total. The van der Waals surface area contributed by atoms with E-state index in [0.717, 1.165) is 6.08 Å². The van der Waals surface area contributed by atoms with Crippen molar-refractivity contribution in [3.8, 4) is 0 Å². The fourth-order valence-corrected chi connectivity index (χ4v) is 0.247. The van der Waals surface area contributed by atoms with E-state index in [0.29, 0.717) is 5.76 Å². The summed E-state index contributed by atoms with van der Waals surface area (Å²) in [7, 11) is 0. The number of ether oxygens (including phenoxy) is 2. The van der Waals surface area contributed by atoms with Gasteiger partial charge in [-0.1, -0.05) is 13.2 Å². The summed E-state index contributed by atoms with van der Waals surface area (Å²) in [6.07, 6.45) is 1.07. The third-order valence-electron chi connectivity index (χ3n) is 0.673. The van der Waals surface area contributed by atoms with Gasteiger partial charge in [0.05, 0.1) is 5.76 Å². The van der Waals surface area contributed by atoms with E-state index < -0.39 is 5.97 Å². The molecule has 4 heteroatoms. The largest absolute Gasteiger partial charge is 2.00 e. The summed E-state index contributed by atoms with van der Waals surface area (Å²) >= 11 is 0. The molecule has 0 saturated heterocycles. The molecule has 0 radical (unpaired) electrons. The van der Waals surface area contributed by atoms with Crippen LogP contribution in [0.4, 0.5) is 0 Å². The Morgan fingerprint density at radius 3 is 2.55 bits per heavy atom. The van der Waals surface area contributed by atoms with Gasteiger partial charge in [-0.3, -0.25) is 0 Å². The molecule has 0 bridgehead atoms. The summed E-state index contributed by atoms with van der Waals surface area (Å²) in [5.74, 6) is 0.0121. The van der Waals surface area contributed by atoms with E-state index in [1.165, 1.54) is 0 Å². The van der Waals surface area contributed by atoms with Crippen LogP contribution >= 0.6 is 0 Å². The minimum Gasteiger partial charge on any atom is -1.00 e. The molecule has 0 aliphatic heterocycles. The molecule has 0 fully saturated rings. The Bertz CT molecular complexity index is 162. The molecular formula is C7H12MgO3. The molecule has 0 saturated carbocycles. The molecular weight excluding hydrogens is 156 g/mol. The van der Waals surface area contributed by atoms with Crippen LogP contribution in [0.25, 0.3) is 0 Å². The molecule has 0 aromatic carbocycles. The Labute approximate surface area is 85.2 Å². The molecule has 0 aromatic rings. The van der Waals surface area contributed by atoms with Crippen LogP contribution in [-0.2, 0) is 14.3 Å². The van der Waals surface area contributed by atoms with Crippen LogP contribution in [0, 0.1) is 0 Å². The first-order valence-corrected chi connectivity index (χ1v) is 2.74. The third-order valence-corrected chi connectivity index (χ3v) is 0.673. The monoisotopic (exact) mass is 168 g/mol. The van der Waals surface area contributed by atoms with Gasteiger partial charge in [0, 0.05) is 6.08 Å². The zero-order chi connectivity index (χ0) is 7.98. The Balaban J connectivity index is -0.000000135. The van der Waals surface area contributed by atoms with Gasteiger partial charge in [-0.15, -0.1) is 0 Å². The number of hydrogen-bond donors (Lipinski definition) is 0. The van der Waals surface area contributed by atoms with Gasteiger partial charge in [0.15, 0.2) is 0 Å². The second kappa shape index (κ2) is 7.62. The van der Waals surface area contributed by atoms with Crippen LogP contribution in [0.1, 0.15) is 9.78 Å². The van der Waals surface area contributed by atoms with Gasteiger partial charge in [0.1, 0.15) is 0 Å². The van der Waals surface area contributed by atoms with Crippen LogP contribution in [-0.4, -0.2) is 35.8 Å². The van der Waals surface area contributed by atoms with Gasteiger partial charge < -0.3 is 12.3 Å². The zero-order valence-electron chi connectivity index (χ0n) is 8.63. The molecule has 0 rings (SSSR count). The Kier molecular flexibility index (Phi) is 9.10. The van der Waals surface area contributed by atoms with Gasteiger partial charge in [0.25, 0.3) is 0 Å². The maximum absolute atomic E-state index is 10.3. The molecule has 11 heavy (non-hydrogen) atoms. The minimum atomic E-state index is -0.499. The van der Waals surface area contributed by atoms with Gasteiger partial charge in [-0.2, -0.15) is 0 Å². The van der Waals surface area contributed by atoms with E-state index in [1.54, 1.807) is 6.92 Å². The fourth-order valence-electron chi connectivity index (χ4n) is 0.247. The number of carbonyl (C=O) groups is 1. The molecule has 0 atom stereocenters. The van der Waals surface area contributed by atoms with E-state index >= 15 is 0 Å². The predicted octanol–water partition coefficient (Wildman–Crippen LogP) is 1.07. The first kappa shape index (κ1) is 13.1. The predicted molar refractivity (Wildman–Crippen MR) is 45.0 cm³/mol. The number of carbonyl (C=O) groups excluding carboxylic acids is 1. The second-order valence-electron chi connectivity index (χ2n) is 1.63. The summed E-state index contributed by atoms with van der Waals surface area (Å²) in [5, 5.41) is 0. The van der Waals surface area contributed by atoms with Gasteiger partial charge in [-0.25, -0.2) is 4.79 Å². The second-order valence-corrected chi connectivity index (χ2v) is 1.63. The summed E-state index contributed by atoms with van der Waals surface area (Å²) in [6.45, 7) is 8.22. The standard InChI is InChI=1S/C7H10O3.Mg.2H/c1-4-7(8)10-5-9-6(2)3;;;/h4H,1-2,5H2,3H3;;;/q;+2;2*-1. The van der Waals surface area contributed by atoms with Crippen molar-refractivity contribution in [2.75, 3.05) is 6.79 Å². The van der Waals surface area contributed by atoms with Crippen LogP contribution in [0.5, 0.6) is 0 Å². The first-order chi connectivity index (χ1) is 4.66. The molecule has 0 aromatic heterocycles. The topological polar surface area (TPSA) is 35.5 Å². The Morgan fingerprint density at radius 2 is 2.18 bits per heavy atom. The molecule has 0 aliphatic carbocycles. The van der Waals surface area contributed by atoms with E-state index in [4.69, 9.17) is 4.74 Å².